The van der Waals surface area contributed by atoms with Gasteiger partial charge in [0.05, 0.1) is 12.6 Å². The molecule has 0 fully saturated rings. The van der Waals surface area contributed by atoms with Gasteiger partial charge in [0.2, 0.25) is 11.8 Å². The minimum atomic E-state index is -0.348. The van der Waals surface area contributed by atoms with Crippen molar-refractivity contribution in [2.24, 2.45) is 0 Å². The molecule has 100 valence electrons. The molecule has 19 heavy (non-hydrogen) atoms. The van der Waals surface area contributed by atoms with Gasteiger partial charge >= 0.3 is 0 Å². The van der Waals surface area contributed by atoms with E-state index in [2.05, 4.69) is 20.8 Å². The van der Waals surface area contributed by atoms with E-state index >= 15 is 0 Å². The first-order chi connectivity index (χ1) is 9.15. The number of aromatic nitrogens is 2. The lowest BCUT2D eigenvalue weighted by molar-refractivity contribution is -0.117. The summed E-state index contributed by atoms with van der Waals surface area (Å²) >= 11 is 0. The van der Waals surface area contributed by atoms with Gasteiger partial charge in [0.15, 0.2) is 5.82 Å². The number of hydrogen-bond acceptors (Lipinski definition) is 5. The van der Waals surface area contributed by atoms with Gasteiger partial charge in [-0.2, -0.15) is 4.98 Å². The first-order valence-corrected chi connectivity index (χ1v) is 6.03. The second kappa shape index (κ2) is 6.10. The Kier molecular flexibility index (Phi) is 4.25. The lowest BCUT2D eigenvalue weighted by atomic mass is 10.2. The fourth-order valence-electron chi connectivity index (χ4n) is 1.52. The smallest absolute Gasteiger partial charge is 0.241 e. The van der Waals surface area contributed by atoms with Crippen molar-refractivity contribution in [1.29, 1.82) is 0 Å². The molecule has 1 heterocycles. The van der Waals surface area contributed by atoms with Crippen molar-refractivity contribution in [2.45, 2.75) is 26.4 Å². The Hall–Kier alpha value is -2.21. The molecule has 6 nitrogen and oxygen atoms in total. The molecule has 1 aromatic heterocycles. The van der Waals surface area contributed by atoms with Crippen LogP contribution in [-0.2, 0) is 11.3 Å². The van der Waals surface area contributed by atoms with Crippen LogP contribution in [-0.4, -0.2) is 22.1 Å². The highest BCUT2D eigenvalue weighted by Gasteiger charge is 2.13. The van der Waals surface area contributed by atoms with Gasteiger partial charge < -0.3 is 9.84 Å². The summed E-state index contributed by atoms with van der Waals surface area (Å²) in [4.78, 5) is 16.0. The van der Waals surface area contributed by atoms with Crippen molar-refractivity contribution in [3.63, 3.8) is 0 Å². The fourth-order valence-corrected chi connectivity index (χ4v) is 1.52. The van der Waals surface area contributed by atoms with Crippen molar-refractivity contribution >= 4 is 11.6 Å². The Morgan fingerprint density at radius 1 is 1.37 bits per heavy atom. The number of anilines is 1. The summed E-state index contributed by atoms with van der Waals surface area (Å²) < 4.78 is 4.85. The highest BCUT2D eigenvalue weighted by Crippen LogP contribution is 2.05. The molecule has 0 bridgehead atoms. The molecule has 0 aliphatic carbocycles. The van der Waals surface area contributed by atoms with E-state index in [-0.39, 0.29) is 11.9 Å². The van der Waals surface area contributed by atoms with Crippen LogP contribution in [0.2, 0.25) is 0 Å². The molecular formula is C13H16N4O2. The average Bonchev–Trinajstić information content (AvgIpc) is 2.83. The number of benzene rings is 1. The maximum absolute atomic E-state index is 11.9. The molecule has 0 radical (unpaired) electrons. The molecular weight excluding hydrogens is 244 g/mol. The fraction of sp³-hybridized carbons (Fsp3) is 0.308. The number of carbonyl (C=O) groups excluding carboxylic acids is 1. The molecule has 1 aromatic carbocycles. The number of para-hydroxylation sites is 1. The van der Waals surface area contributed by atoms with Crippen LogP contribution in [0.25, 0.3) is 0 Å². The van der Waals surface area contributed by atoms with E-state index in [9.17, 15) is 4.79 Å². The number of carbonyl (C=O) groups is 1. The van der Waals surface area contributed by atoms with Gasteiger partial charge in [-0.3, -0.25) is 10.1 Å². The topological polar surface area (TPSA) is 80.0 Å². The van der Waals surface area contributed by atoms with E-state index in [1.807, 2.05) is 30.3 Å². The van der Waals surface area contributed by atoms with E-state index in [1.165, 1.54) is 0 Å². The van der Waals surface area contributed by atoms with Crippen molar-refractivity contribution < 1.29 is 9.32 Å². The van der Waals surface area contributed by atoms with E-state index in [4.69, 9.17) is 4.52 Å². The summed E-state index contributed by atoms with van der Waals surface area (Å²) in [6.07, 6.45) is 0. The Morgan fingerprint density at radius 3 is 2.74 bits per heavy atom. The highest BCUT2D eigenvalue weighted by molar-refractivity contribution is 5.94. The number of rotatable bonds is 5. The molecule has 0 aliphatic heterocycles. The Morgan fingerprint density at radius 2 is 2.11 bits per heavy atom. The van der Waals surface area contributed by atoms with Crippen LogP contribution in [0.15, 0.2) is 34.9 Å². The van der Waals surface area contributed by atoms with Gasteiger partial charge in [-0.1, -0.05) is 23.4 Å². The average molecular weight is 260 g/mol. The summed E-state index contributed by atoms with van der Waals surface area (Å²) in [6, 6.07) is 8.97. The normalized spacial score (nSPS) is 12.1. The lowest BCUT2D eigenvalue weighted by Crippen LogP contribution is -2.37. The zero-order valence-corrected chi connectivity index (χ0v) is 10.9. The molecule has 0 saturated heterocycles. The highest BCUT2D eigenvalue weighted by atomic mass is 16.5. The van der Waals surface area contributed by atoms with E-state index < -0.39 is 0 Å². The standard InChI is InChI=1S/C13H16N4O2/c1-9(14-8-12-15-10(2)19-17-12)13(18)16-11-6-4-3-5-7-11/h3-7,9,14H,8H2,1-2H3,(H,16,18). The molecule has 2 N–H and O–H groups in total. The Bertz CT molecular complexity index is 539. The first-order valence-electron chi connectivity index (χ1n) is 6.03. The Balaban J connectivity index is 1.82. The summed E-state index contributed by atoms with van der Waals surface area (Å²) in [7, 11) is 0. The largest absolute Gasteiger partial charge is 0.340 e. The van der Waals surface area contributed by atoms with Crippen molar-refractivity contribution in [3.05, 3.63) is 42.0 Å². The number of hydrogen-bond donors (Lipinski definition) is 2. The Labute approximate surface area is 111 Å². The molecule has 1 unspecified atom stereocenters. The zero-order valence-electron chi connectivity index (χ0n) is 10.9. The van der Waals surface area contributed by atoms with Gasteiger partial charge in [0.25, 0.3) is 0 Å². The molecule has 1 amide bonds. The van der Waals surface area contributed by atoms with Crippen LogP contribution in [0.3, 0.4) is 0 Å². The predicted molar refractivity (Wildman–Crippen MR) is 70.4 cm³/mol. The molecule has 1 atom stereocenters. The number of nitrogens with one attached hydrogen (secondary N) is 2. The summed E-state index contributed by atoms with van der Waals surface area (Å²) in [6.45, 7) is 3.90. The maximum Gasteiger partial charge on any atom is 0.241 e. The minimum absolute atomic E-state index is 0.105. The quantitative estimate of drug-likeness (QED) is 0.851. The van der Waals surface area contributed by atoms with E-state index in [1.54, 1.807) is 13.8 Å². The van der Waals surface area contributed by atoms with Crippen LogP contribution in [0.4, 0.5) is 5.69 Å². The lowest BCUT2D eigenvalue weighted by Gasteiger charge is -2.12. The van der Waals surface area contributed by atoms with Gasteiger partial charge in [-0.25, -0.2) is 0 Å². The second-order valence-electron chi connectivity index (χ2n) is 4.19. The van der Waals surface area contributed by atoms with Crippen LogP contribution in [0.1, 0.15) is 18.6 Å². The molecule has 6 heteroatoms. The van der Waals surface area contributed by atoms with Crippen LogP contribution < -0.4 is 10.6 Å². The number of nitrogens with zero attached hydrogens (tertiary/aromatic N) is 2. The van der Waals surface area contributed by atoms with E-state index in [0.717, 1.165) is 5.69 Å². The molecule has 2 aromatic rings. The number of amides is 1. The maximum atomic E-state index is 11.9. The summed E-state index contributed by atoms with van der Waals surface area (Å²) in [5, 5.41) is 9.60. The first kappa shape index (κ1) is 13.2. The third kappa shape index (κ3) is 3.89. The van der Waals surface area contributed by atoms with Gasteiger partial charge in [0.1, 0.15) is 0 Å². The van der Waals surface area contributed by atoms with Gasteiger partial charge in [0, 0.05) is 12.6 Å². The molecule has 0 aliphatic rings. The molecule has 2 rings (SSSR count). The molecule has 0 spiro atoms. The van der Waals surface area contributed by atoms with Crippen LogP contribution in [0.5, 0.6) is 0 Å². The SMILES string of the molecule is Cc1nc(CNC(C)C(=O)Nc2ccccc2)no1. The van der Waals surface area contributed by atoms with E-state index in [0.29, 0.717) is 18.3 Å². The van der Waals surface area contributed by atoms with Crippen LogP contribution in [0, 0.1) is 6.92 Å². The van der Waals surface area contributed by atoms with Crippen molar-refractivity contribution in [3.8, 4) is 0 Å². The number of aryl methyl sites for hydroxylation is 1. The van der Waals surface area contributed by atoms with Gasteiger partial charge in [-0.05, 0) is 19.1 Å². The second-order valence-corrected chi connectivity index (χ2v) is 4.19. The summed E-state index contributed by atoms with van der Waals surface area (Å²) in [5.74, 6) is 0.946. The molecule has 0 saturated carbocycles. The van der Waals surface area contributed by atoms with Crippen molar-refractivity contribution in [2.75, 3.05) is 5.32 Å². The third-order valence-electron chi connectivity index (χ3n) is 2.57. The zero-order chi connectivity index (χ0) is 13.7. The summed E-state index contributed by atoms with van der Waals surface area (Å²) in [5.41, 5.74) is 0.775. The van der Waals surface area contributed by atoms with Crippen molar-refractivity contribution in [1.82, 2.24) is 15.5 Å². The van der Waals surface area contributed by atoms with Gasteiger partial charge in [-0.15, -0.1) is 0 Å². The monoisotopic (exact) mass is 260 g/mol. The third-order valence-corrected chi connectivity index (χ3v) is 2.57. The minimum Gasteiger partial charge on any atom is -0.340 e. The van der Waals surface area contributed by atoms with Crippen LogP contribution >= 0.6 is 0 Å². The predicted octanol–water partition coefficient (Wildman–Crippen LogP) is 1.49.